The molecule has 0 spiro atoms. The molecule has 20 heavy (non-hydrogen) atoms. The molecule has 2 aromatic rings. The van der Waals surface area contributed by atoms with Crippen LogP contribution in [-0.2, 0) is 11.0 Å². The molecule has 1 aromatic carbocycles. The van der Waals surface area contributed by atoms with Crippen LogP contribution < -0.4 is 0 Å². The van der Waals surface area contributed by atoms with Gasteiger partial charge >= 0.3 is 12.1 Å². The molecule has 0 fully saturated rings. The Labute approximate surface area is 116 Å². The van der Waals surface area contributed by atoms with E-state index in [1.54, 1.807) is 17.5 Å². The second kappa shape index (κ2) is 5.50. The molecule has 1 heterocycles. The zero-order valence-electron chi connectivity index (χ0n) is 10.0. The van der Waals surface area contributed by atoms with E-state index < -0.39 is 17.7 Å². The Hall–Kier alpha value is -2.08. The fourth-order valence-electron chi connectivity index (χ4n) is 1.62. The van der Waals surface area contributed by atoms with Crippen LogP contribution in [0.4, 0.5) is 13.2 Å². The van der Waals surface area contributed by atoms with Gasteiger partial charge in [0.15, 0.2) is 0 Å². The Morgan fingerprint density at radius 1 is 1.15 bits per heavy atom. The summed E-state index contributed by atoms with van der Waals surface area (Å²) < 4.78 is 37.4. The van der Waals surface area contributed by atoms with E-state index in [0.717, 1.165) is 29.1 Å². The molecule has 0 saturated carbocycles. The van der Waals surface area contributed by atoms with Crippen molar-refractivity contribution in [2.75, 3.05) is 0 Å². The van der Waals surface area contributed by atoms with E-state index in [9.17, 15) is 18.0 Å². The summed E-state index contributed by atoms with van der Waals surface area (Å²) in [5.74, 6) is -1.18. The number of aliphatic carboxylic acids is 1. The van der Waals surface area contributed by atoms with E-state index in [1.165, 1.54) is 17.4 Å². The summed E-state index contributed by atoms with van der Waals surface area (Å²) >= 11 is 1.35. The van der Waals surface area contributed by atoms with Crippen molar-refractivity contribution in [2.24, 2.45) is 0 Å². The summed E-state index contributed by atoms with van der Waals surface area (Å²) in [7, 11) is 0. The normalized spacial score (nSPS) is 12.4. The Morgan fingerprint density at radius 2 is 1.80 bits per heavy atom. The van der Waals surface area contributed by atoms with Crippen molar-refractivity contribution in [2.45, 2.75) is 6.18 Å². The lowest BCUT2D eigenvalue weighted by molar-refractivity contribution is -0.137. The second-order valence-electron chi connectivity index (χ2n) is 3.95. The van der Waals surface area contributed by atoms with E-state index in [2.05, 4.69) is 0 Å². The highest BCUT2D eigenvalue weighted by atomic mass is 32.1. The highest BCUT2D eigenvalue weighted by Crippen LogP contribution is 2.30. The highest BCUT2D eigenvalue weighted by Gasteiger charge is 2.30. The van der Waals surface area contributed by atoms with Gasteiger partial charge < -0.3 is 5.11 Å². The average molecular weight is 298 g/mol. The van der Waals surface area contributed by atoms with Gasteiger partial charge in [-0.2, -0.15) is 13.2 Å². The largest absolute Gasteiger partial charge is 0.478 e. The van der Waals surface area contributed by atoms with Crippen molar-refractivity contribution in [3.05, 3.63) is 57.8 Å². The van der Waals surface area contributed by atoms with E-state index in [0.29, 0.717) is 0 Å². The Kier molecular flexibility index (Phi) is 3.94. The molecule has 0 aliphatic heterocycles. The summed E-state index contributed by atoms with van der Waals surface area (Å²) in [6.45, 7) is 0. The minimum absolute atomic E-state index is 0.0406. The third kappa shape index (κ3) is 3.27. The summed E-state index contributed by atoms with van der Waals surface area (Å²) in [6.07, 6.45) is -2.99. The van der Waals surface area contributed by atoms with Crippen LogP contribution in [0.25, 0.3) is 11.6 Å². The topological polar surface area (TPSA) is 37.3 Å². The molecule has 0 aliphatic rings. The van der Waals surface area contributed by atoms with Gasteiger partial charge in [-0.25, -0.2) is 4.79 Å². The van der Waals surface area contributed by atoms with Crippen LogP contribution >= 0.6 is 11.3 Å². The maximum absolute atomic E-state index is 12.5. The van der Waals surface area contributed by atoms with Crippen molar-refractivity contribution in [1.29, 1.82) is 0 Å². The maximum Gasteiger partial charge on any atom is 0.416 e. The van der Waals surface area contributed by atoms with Gasteiger partial charge in [-0.15, -0.1) is 11.3 Å². The molecule has 0 amide bonds. The van der Waals surface area contributed by atoms with E-state index in [1.807, 2.05) is 0 Å². The lowest BCUT2D eigenvalue weighted by Gasteiger charge is -2.08. The smallest absolute Gasteiger partial charge is 0.416 e. The molecule has 1 aromatic heterocycles. The van der Waals surface area contributed by atoms with Gasteiger partial charge in [0.1, 0.15) is 0 Å². The van der Waals surface area contributed by atoms with Crippen LogP contribution in [0.5, 0.6) is 0 Å². The third-order valence-corrected chi connectivity index (χ3v) is 3.40. The SMILES string of the molecule is O=C(O)/C(=C\c1cccs1)c1ccc(C(F)(F)F)cc1. The molecule has 2 rings (SSSR count). The number of thiophene rings is 1. The van der Waals surface area contributed by atoms with Crippen LogP contribution in [0.3, 0.4) is 0 Å². The second-order valence-corrected chi connectivity index (χ2v) is 4.93. The van der Waals surface area contributed by atoms with Crippen LogP contribution in [0, 0.1) is 0 Å². The quantitative estimate of drug-likeness (QED) is 0.853. The van der Waals surface area contributed by atoms with Crippen molar-refractivity contribution in [3.63, 3.8) is 0 Å². The fraction of sp³-hybridized carbons (Fsp3) is 0.0714. The van der Waals surface area contributed by atoms with Gasteiger partial charge in [0, 0.05) is 4.88 Å². The summed E-state index contributed by atoms with van der Waals surface area (Å²) in [6, 6.07) is 7.58. The minimum Gasteiger partial charge on any atom is -0.478 e. The molecule has 0 unspecified atom stereocenters. The summed E-state index contributed by atoms with van der Waals surface area (Å²) in [4.78, 5) is 11.9. The minimum atomic E-state index is -4.43. The van der Waals surface area contributed by atoms with E-state index >= 15 is 0 Å². The predicted octanol–water partition coefficient (Wildman–Crippen LogP) is 4.39. The first-order valence-electron chi connectivity index (χ1n) is 5.54. The van der Waals surface area contributed by atoms with Crippen molar-refractivity contribution in [1.82, 2.24) is 0 Å². The van der Waals surface area contributed by atoms with E-state index in [-0.39, 0.29) is 11.1 Å². The molecular weight excluding hydrogens is 289 g/mol. The number of benzene rings is 1. The fourth-order valence-corrected chi connectivity index (χ4v) is 2.28. The van der Waals surface area contributed by atoms with Crippen LogP contribution in [0.2, 0.25) is 0 Å². The molecule has 2 nitrogen and oxygen atoms in total. The molecule has 0 atom stereocenters. The van der Waals surface area contributed by atoms with Gasteiger partial charge in [0.25, 0.3) is 0 Å². The van der Waals surface area contributed by atoms with Crippen LogP contribution in [0.1, 0.15) is 16.0 Å². The number of halogens is 3. The number of hydrogen-bond donors (Lipinski definition) is 1. The molecule has 1 N–H and O–H groups in total. The maximum atomic E-state index is 12.5. The Morgan fingerprint density at radius 3 is 2.25 bits per heavy atom. The van der Waals surface area contributed by atoms with Gasteiger partial charge in [-0.05, 0) is 35.2 Å². The van der Waals surface area contributed by atoms with E-state index in [4.69, 9.17) is 5.11 Å². The molecule has 6 heteroatoms. The molecule has 104 valence electrons. The summed E-state index contributed by atoms with van der Waals surface area (Å²) in [5.41, 5.74) is -0.609. The molecular formula is C14H9F3O2S. The molecule has 0 bridgehead atoms. The Bertz CT molecular complexity index is 625. The van der Waals surface area contributed by atoms with Crippen molar-refractivity contribution in [3.8, 4) is 0 Å². The standard InChI is InChI=1S/C14H9F3O2S/c15-14(16,17)10-5-3-9(4-6-10)12(13(18)19)8-11-2-1-7-20-11/h1-8H,(H,18,19)/b12-8-. The Balaban J connectivity index is 2.39. The van der Waals surface area contributed by atoms with Gasteiger partial charge in [-0.3, -0.25) is 0 Å². The molecule has 0 saturated heterocycles. The van der Waals surface area contributed by atoms with Crippen LogP contribution in [0.15, 0.2) is 41.8 Å². The number of carboxylic acids is 1. The molecule has 0 radical (unpaired) electrons. The number of hydrogen-bond acceptors (Lipinski definition) is 2. The van der Waals surface area contributed by atoms with Gasteiger partial charge in [0.2, 0.25) is 0 Å². The highest BCUT2D eigenvalue weighted by molar-refractivity contribution is 7.10. The first kappa shape index (κ1) is 14.3. The van der Waals surface area contributed by atoms with Gasteiger partial charge in [0.05, 0.1) is 11.1 Å². The number of alkyl halides is 3. The number of carboxylic acid groups (broad SMARTS) is 1. The predicted molar refractivity (Wildman–Crippen MR) is 71.3 cm³/mol. The lowest BCUT2D eigenvalue weighted by Crippen LogP contribution is -2.05. The lowest BCUT2D eigenvalue weighted by atomic mass is 10.0. The monoisotopic (exact) mass is 298 g/mol. The zero-order valence-corrected chi connectivity index (χ0v) is 10.8. The van der Waals surface area contributed by atoms with Crippen molar-refractivity contribution < 1.29 is 23.1 Å². The third-order valence-electron chi connectivity index (χ3n) is 2.58. The van der Waals surface area contributed by atoms with Crippen molar-refractivity contribution >= 4 is 29.0 Å². The first-order chi connectivity index (χ1) is 9.38. The summed E-state index contributed by atoms with van der Waals surface area (Å²) in [5, 5.41) is 11.0. The number of carbonyl (C=O) groups is 1. The average Bonchev–Trinajstić information content (AvgIpc) is 2.87. The van der Waals surface area contributed by atoms with Gasteiger partial charge in [-0.1, -0.05) is 18.2 Å². The van der Waals surface area contributed by atoms with Crippen LogP contribution in [-0.4, -0.2) is 11.1 Å². The number of rotatable bonds is 3. The molecule has 0 aliphatic carbocycles. The zero-order chi connectivity index (χ0) is 14.8. The first-order valence-corrected chi connectivity index (χ1v) is 6.42.